The highest BCUT2D eigenvalue weighted by Gasteiger charge is 2.08. The maximum absolute atomic E-state index is 12.5. The van der Waals surface area contributed by atoms with E-state index in [4.69, 9.17) is 0 Å². The zero-order chi connectivity index (χ0) is 17.1. The fourth-order valence-electron chi connectivity index (χ4n) is 2.48. The van der Waals surface area contributed by atoms with Gasteiger partial charge in [0.15, 0.2) is 0 Å². The summed E-state index contributed by atoms with van der Waals surface area (Å²) in [5, 5.41) is 3.38. The number of anilines is 1. The lowest BCUT2D eigenvalue weighted by molar-refractivity contribution is -0.116. The predicted octanol–water partition coefficient (Wildman–Crippen LogP) is 3.50. The summed E-state index contributed by atoms with van der Waals surface area (Å²) in [6, 6.07) is 12.9. The van der Waals surface area contributed by atoms with Crippen LogP contribution in [0, 0.1) is 6.92 Å². The van der Waals surface area contributed by atoms with Crippen molar-refractivity contribution < 1.29 is 4.79 Å². The molecule has 6 heteroatoms. The Balaban J connectivity index is 1.71. The minimum absolute atomic E-state index is 0.125. The molecule has 0 atom stereocenters. The number of hydrogen-bond donors (Lipinski definition) is 1. The van der Waals surface area contributed by atoms with Crippen LogP contribution in [0.15, 0.2) is 58.1 Å². The van der Waals surface area contributed by atoms with Crippen LogP contribution >= 0.6 is 15.9 Å². The third kappa shape index (κ3) is 3.54. The van der Waals surface area contributed by atoms with Gasteiger partial charge in [-0.3, -0.25) is 14.2 Å². The molecule has 0 spiro atoms. The summed E-state index contributed by atoms with van der Waals surface area (Å²) < 4.78 is 2.42. The Hall–Kier alpha value is -2.47. The standard InChI is InChI=1S/C18H16BrN3O2/c1-12-3-2-4-15-17(12)20-11-22(18(15)24)10-9-16(23)21-14-7-5-13(19)6-8-14/h2-8,11H,9-10H2,1H3,(H,21,23). The van der Waals surface area contributed by atoms with E-state index in [1.165, 1.54) is 10.9 Å². The Morgan fingerprint density at radius 3 is 2.71 bits per heavy atom. The van der Waals surface area contributed by atoms with E-state index in [0.29, 0.717) is 10.9 Å². The third-order valence-electron chi connectivity index (χ3n) is 3.76. The van der Waals surface area contributed by atoms with Gasteiger partial charge in [-0.1, -0.05) is 28.1 Å². The number of rotatable bonds is 4. The van der Waals surface area contributed by atoms with Gasteiger partial charge in [0.25, 0.3) is 5.56 Å². The molecular formula is C18H16BrN3O2. The minimum atomic E-state index is -0.145. The number of aromatic nitrogens is 2. The molecule has 0 saturated heterocycles. The van der Waals surface area contributed by atoms with Crippen molar-refractivity contribution in [3.05, 3.63) is 69.2 Å². The monoisotopic (exact) mass is 385 g/mol. The van der Waals surface area contributed by atoms with Crippen LogP contribution < -0.4 is 10.9 Å². The molecule has 5 nitrogen and oxygen atoms in total. The van der Waals surface area contributed by atoms with Crippen molar-refractivity contribution in [3.63, 3.8) is 0 Å². The molecule has 1 N–H and O–H groups in total. The van der Waals surface area contributed by atoms with Gasteiger partial charge >= 0.3 is 0 Å². The Kier molecular flexibility index (Phi) is 4.76. The van der Waals surface area contributed by atoms with E-state index < -0.39 is 0 Å². The molecular weight excluding hydrogens is 370 g/mol. The lowest BCUT2D eigenvalue weighted by atomic mass is 10.1. The van der Waals surface area contributed by atoms with Crippen LogP contribution in [0.2, 0.25) is 0 Å². The van der Waals surface area contributed by atoms with Gasteiger partial charge in [-0.05, 0) is 42.8 Å². The number of carbonyl (C=O) groups is 1. The fraction of sp³-hybridized carbons (Fsp3) is 0.167. The van der Waals surface area contributed by atoms with Gasteiger partial charge < -0.3 is 5.32 Å². The van der Waals surface area contributed by atoms with Gasteiger partial charge in [-0.15, -0.1) is 0 Å². The van der Waals surface area contributed by atoms with Crippen LogP contribution in [0.4, 0.5) is 5.69 Å². The van der Waals surface area contributed by atoms with Crippen molar-refractivity contribution in [2.24, 2.45) is 0 Å². The number of aryl methyl sites for hydroxylation is 2. The zero-order valence-corrected chi connectivity index (χ0v) is 14.7. The van der Waals surface area contributed by atoms with Gasteiger partial charge in [0.2, 0.25) is 5.91 Å². The molecule has 3 aromatic rings. The topological polar surface area (TPSA) is 64.0 Å². The SMILES string of the molecule is Cc1cccc2c(=O)n(CCC(=O)Nc3ccc(Br)cc3)cnc12. The van der Waals surface area contributed by atoms with Crippen molar-refractivity contribution in [3.8, 4) is 0 Å². The van der Waals surface area contributed by atoms with Crippen LogP contribution in [0.1, 0.15) is 12.0 Å². The van der Waals surface area contributed by atoms with Gasteiger partial charge in [0, 0.05) is 23.1 Å². The molecule has 3 rings (SSSR count). The molecule has 1 aromatic heterocycles. The summed E-state index contributed by atoms with van der Waals surface area (Å²) >= 11 is 3.35. The molecule has 1 amide bonds. The number of carbonyl (C=O) groups excluding carboxylic acids is 1. The number of fused-ring (bicyclic) bond motifs is 1. The first-order chi connectivity index (χ1) is 11.5. The summed E-state index contributed by atoms with van der Waals surface area (Å²) in [5.74, 6) is -0.145. The van der Waals surface area contributed by atoms with Gasteiger partial charge in [-0.2, -0.15) is 0 Å². The number of nitrogens with zero attached hydrogens (tertiary/aromatic N) is 2. The highest BCUT2D eigenvalue weighted by Crippen LogP contribution is 2.14. The maximum atomic E-state index is 12.5. The molecule has 0 bridgehead atoms. The summed E-state index contributed by atoms with van der Waals surface area (Å²) in [5.41, 5.74) is 2.27. The summed E-state index contributed by atoms with van der Waals surface area (Å²) in [6.45, 7) is 2.21. The molecule has 24 heavy (non-hydrogen) atoms. The average Bonchev–Trinajstić information content (AvgIpc) is 2.57. The van der Waals surface area contributed by atoms with E-state index in [2.05, 4.69) is 26.2 Å². The van der Waals surface area contributed by atoms with E-state index in [0.717, 1.165) is 15.7 Å². The van der Waals surface area contributed by atoms with Crippen molar-refractivity contribution >= 4 is 38.4 Å². The lowest BCUT2D eigenvalue weighted by Gasteiger charge is -2.08. The molecule has 0 fully saturated rings. The molecule has 0 unspecified atom stereocenters. The normalized spacial score (nSPS) is 10.8. The van der Waals surface area contributed by atoms with Crippen molar-refractivity contribution in [2.75, 3.05) is 5.32 Å². The van der Waals surface area contributed by atoms with Gasteiger partial charge in [0.05, 0.1) is 17.2 Å². The molecule has 0 saturated carbocycles. The quantitative estimate of drug-likeness (QED) is 0.747. The molecule has 2 aromatic carbocycles. The Bertz CT molecular complexity index is 949. The molecule has 122 valence electrons. The molecule has 0 aliphatic carbocycles. The average molecular weight is 386 g/mol. The Morgan fingerprint density at radius 1 is 1.21 bits per heavy atom. The summed E-state index contributed by atoms with van der Waals surface area (Å²) in [7, 11) is 0. The van der Waals surface area contributed by atoms with Gasteiger partial charge in [0.1, 0.15) is 0 Å². The van der Waals surface area contributed by atoms with E-state index in [1.54, 1.807) is 6.07 Å². The van der Waals surface area contributed by atoms with Gasteiger partial charge in [-0.25, -0.2) is 4.98 Å². The van der Waals surface area contributed by atoms with Crippen LogP contribution in [0.25, 0.3) is 10.9 Å². The molecule has 0 aliphatic heterocycles. The van der Waals surface area contributed by atoms with Crippen LogP contribution in [-0.2, 0) is 11.3 Å². The number of hydrogen-bond acceptors (Lipinski definition) is 3. The summed E-state index contributed by atoms with van der Waals surface area (Å²) in [4.78, 5) is 28.9. The largest absolute Gasteiger partial charge is 0.326 e. The van der Waals surface area contributed by atoms with Crippen molar-refractivity contribution in [1.29, 1.82) is 0 Å². The second-order valence-electron chi connectivity index (χ2n) is 5.52. The second-order valence-corrected chi connectivity index (χ2v) is 6.43. The Labute approximate surface area is 147 Å². The highest BCUT2D eigenvalue weighted by atomic mass is 79.9. The van der Waals surface area contributed by atoms with E-state index in [1.807, 2.05) is 43.3 Å². The highest BCUT2D eigenvalue weighted by molar-refractivity contribution is 9.10. The number of benzene rings is 2. The van der Waals surface area contributed by atoms with E-state index in [-0.39, 0.29) is 24.4 Å². The van der Waals surface area contributed by atoms with Crippen LogP contribution in [-0.4, -0.2) is 15.5 Å². The zero-order valence-electron chi connectivity index (χ0n) is 13.1. The first-order valence-corrected chi connectivity index (χ1v) is 8.34. The Morgan fingerprint density at radius 2 is 1.96 bits per heavy atom. The van der Waals surface area contributed by atoms with Crippen LogP contribution in [0.3, 0.4) is 0 Å². The number of nitrogens with one attached hydrogen (secondary N) is 1. The molecule has 1 heterocycles. The number of halogens is 1. The smallest absolute Gasteiger partial charge is 0.261 e. The van der Waals surface area contributed by atoms with Crippen molar-refractivity contribution in [1.82, 2.24) is 9.55 Å². The first kappa shape index (κ1) is 16.4. The molecule has 0 radical (unpaired) electrons. The fourth-order valence-corrected chi connectivity index (χ4v) is 2.74. The number of para-hydroxylation sites is 1. The first-order valence-electron chi connectivity index (χ1n) is 7.55. The lowest BCUT2D eigenvalue weighted by Crippen LogP contribution is -2.23. The van der Waals surface area contributed by atoms with E-state index in [9.17, 15) is 9.59 Å². The minimum Gasteiger partial charge on any atom is -0.326 e. The summed E-state index contributed by atoms with van der Waals surface area (Å²) in [6.07, 6.45) is 1.71. The van der Waals surface area contributed by atoms with Crippen molar-refractivity contribution in [2.45, 2.75) is 19.9 Å². The van der Waals surface area contributed by atoms with E-state index >= 15 is 0 Å². The predicted molar refractivity (Wildman–Crippen MR) is 98.1 cm³/mol. The molecule has 0 aliphatic rings. The second kappa shape index (κ2) is 6.97. The van der Waals surface area contributed by atoms with Crippen LogP contribution in [0.5, 0.6) is 0 Å². The third-order valence-corrected chi connectivity index (χ3v) is 4.29. The maximum Gasteiger partial charge on any atom is 0.261 e. The number of amides is 1.